The van der Waals surface area contributed by atoms with Crippen LogP contribution in [0.25, 0.3) is 0 Å². The quantitative estimate of drug-likeness (QED) is 0.846. The number of hydrogen-bond donors (Lipinski definition) is 1. The summed E-state index contributed by atoms with van der Waals surface area (Å²) in [7, 11) is 4.12. The first-order valence-corrected chi connectivity index (χ1v) is 6.65. The number of aliphatic imine (C=N–C) groups is 1. The lowest BCUT2D eigenvalue weighted by Crippen LogP contribution is -2.10. The topological polar surface area (TPSA) is 35.8 Å². The molecule has 0 heterocycles. The first-order valence-electron chi connectivity index (χ1n) is 6.65. The van der Waals surface area contributed by atoms with E-state index in [-0.39, 0.29) is 5.75 Å². The molecule has 20 heavy (non-hydrogen) atoms. The number of rotatable bonds is 5. The predicted molar refractivity (Wildman–Crippen MR) is 83.2 cm³/mol. The molecular formula is C17H20N2O. The lowest BCUT2D eigenvalue weighted by molar-refractivity contribution is 0.402. The van der Waals surface area contributed by atoms with E-state index >= 15 is 0 Å². The molecule has 3 heteroatoms. The Bertz CT molecular complexity index is 574. The first kappa shape index (κ1) is 14.3. The van der Waals surface area contributed by atoms with Crippen LogP contribution in [0.1, 0.15) is 16.7 Å². The molecule has 0 amide bonds. The molecule has 0 atom stereocenters. The van der Waals surface area contributed by atoms with Crippen molar-refractivity contribution in [2.75, 3.05) is 14.1 Å². The van der Waals surface area contributed by atoms with Crippen LogP contribution in [-0.4, -0.2) is 30.3 Å². The van der Waals surface area contributed by atoms with Gasteiger partial charge >= 0.3 is 0 Å². The fourth-order valence-corrected chi connectivity index (χ4v) is 1.96. The fourth-order valence-electron chi connectivity index (χ4n) is 1.96. The van der Waals surface area contributed by atoms with Crippen molar-refractivity contribution in [3.05, 3.63) is 65.2 Å². The Balaban J connectivity index is 1.96. The highest BCUT2D eigenvalue weighted by atomic mass is 16.3. The van der Waals surface area contributed by atoms with Gasteiger partial charge in [-0.3, -0.25) is 4.99 Å². The first-order chi connectivity index (χ1) is 9.65. The summed E-state index contributed by atoms with van der Waals surface area (Å²) in [6, 6.07) is 15.7. The second-order valence-electron chi connectivity index (χ2n) is 5.08. The van der Waals surface area contributed by atoms with Gasteiger partial charge in [-0.15, -0.1) is 0 Å². The summed E-state index contributed by atoms with van der Waals surface area (Å²) in [5.74, 6) is 0.262. The van der Waals surface area contributed by atoms with Gasteiger partial charge in [-0.05, 0) is 37.4 Å². The monoisotopic (exact) mass is 268 g/mol. The molecule has 0 fully saturated rings. The van der Waals surface area contributed by atoms with Crippen LogP contribution in [-0.2, 0) is 13.1 Å². The van der Waals surface area contributed by atoms with Gasteiger partial charge in [0.1, 0.15) is 5.75 Å². The predicted octanol–water partition coefficient (Wildman–Crippen LogP) is 3.07. The smallest absolute Gasteiger partial charge is 0.124 e. The summed E-state index contributed by atoms with van der Waals surface area (Å²) in [5, 5.41) is 9.63. The van der Waals surface area contributed by atoms with Crippen LogP contribution in [0, 0.1) is 0 Å². The van der Waals surface area contributed by atoms with Gasteiger partial charge in [0.15, 0.2) is 0 Å². The van der Waals surface area contributed by atoms with Crippen molar-refractivity contribution in [1.29, 1.82) is 0 Å². The summed E-state index contributed by atoms with van der Waals surface area (Å²) in [5.41, 5.74) is 3.21. The Morgan fingerprint density at radius 2 is 1.65 bits per heavy atom. The van der Waals surface area contributed by atoms with Crippen LogP contribution in [0.3, 0.4) is 0 Å². The molecule has 0 saturated heterocycles. The maximum atomic E-state index is 9.63. The Labute approximate surface area is 120 Å². The number of hydrogen-bond acceptors (Lipinski definition) is 3. The summed E-state index contributed by atoms with van der Waals surface area (Å²) < 4.78 is 0. The number of para-hydroxylation sites is 1. The number of benzene rings is 2. The average molecular weight is 268 g/mol. The van der Waals surface area contributed by atoms with Gasteiger partial charge < -0.3 is 10.0 Å². The molecule has 0 aliphatic carbocycles. The van der Waals surface area contributed by atoms with Gasteiger partial charge in [-0.1, -0.05) is 36.4 Å². The summed E-state index contributed by atoms with van der Waals surface area (Å²) in [4.78, 5) is 6.51. The van der Waals surface area contributed by atoms with Crippen LogP contribution in [0.2, 0.25) is 0 Å². The molecule has 0 aromatic heterocycles. The Morgan fingerprint density at radius 3 is 2.30 bits per heavy atom. The lowest BCUT2D eigenvalue weighted by Gasteiger charge is -2.09. The molecule has 104 valence electrons. The molecule has 0 bridgehead atoms. The fraction of sp³-hybridized carbons (Fsp3) is 0.235. The van der Waals surface area contributed by atoms with E-state index in [4.69, 9.17) is 0 Å². The number of phenols is 1. The van der Waals surface area contributed by atoms with E-state index in [1.165, 1.54) is 11.1 Å². The second-order valence-corrected chi connectivity index (χ2v) is 5.08. The zero-order valence-electron chi connectivity index (χ0n) is 12.0. The van der Waals surface area contributed by atoms with Gasteiger partial charge in [-0.25, -0.2) is 0 Å². The molecule has 0 saturated carbocycles. The molecular weight excluding hydrogens is 248 g/mol. The van der Waals surface area contributed by atoms with Gasteiger partial charge in [0.05, 0.1) is 6.54 Å². The van der Waals surface area contributed by atoms with Gasteiger partial charge in [0.25, 0.3) is 0 Å². The van der Waals surface area contributed by atoms with Crippen LogP contribution >= 0.6 is 0 Å². The summed E-state index contributed by atoms with van der Waals surface area (Å²) in [6.45, 7) is 1.57. The van der Waals surface area contributed by atoms with Crippen molar-refractivity contribution in [2.45, 2.75) is 13.1 Å². The van der Waals surface area contributed by atoms with Crippen LogP contribution < -0.4 is 0 Å². The molecule has 2 rings (SSSR count). The van der Waals surface area contributed by atoms with Crippen molar-refractivity contribution in [3.63, 3.8) is 0 Å². The lowest BCUT2D eigenvalue weighted by atomic mass is 10.1. The molecule has 3 nitrogen and oxygen atoms in total. The SMILES string of the molecule is CN(C)Cc1ccc(CN=Cc2ccccc2O)cc1. The maximum absolute atomic E-state index is 9.63. The molecule has 0 aliphatic rings. The highest BCUT2D eigenvalue weighted by Gasteiger charge is 1.97. The number of phenolic OH excluding ortho intramolecular Hbond substituents is 1. The van der Waals surface area contributed by atoms with Crippen molar-refractivity contribution in [3.8, 4) is 5.75 Å². The standard InChI is InChI=1S/C17H20N2O/c1-19(2)13-15-9-7-14(8-10-15)11-18-12-16-5-3-4-6-17(16)20/h3-10,12,20H,11,13H2,1-2H3. The third-order valence-corrected chi connectivity index (χ3v) is 2.96. The van der Waals surface area contributed by atoms with E-state index in [1.54, 1.807) is 18.3 Å². The Kier molecular flexibility index (Phi) is 4.91. The Morgan fingerprint density at radius 1 is 1.00 bits per heavy atom. The summed E-state index contributed by atoms with van der Waals surface area (Å²) >= 11 is 0. The second kappa shape index (κ2) is 6.87. The number of nitrogens with zero attached hydrogens (tertiary/aromatic N) is 2. The molecule has 0 aliphatic heterocycles. The van der Waals surface area contributed by atoms with Crippen LogP contribution in [0.5, 0.6) is 5.75 Å². The zero-order valence-corrected chi connectivity index (χ0v) is 12.0. The average Bonchev–Trinajstić information content (AvgIpc) is 2.42. The third-order valence-electron chi connectivity index (χ3n) is 2.96. The van der Waals surface area contributed by atoms with E-state index in [1.807, 2.05) is 12.1 Å². The van der Waals surface area contributed by atoms with E-state index in [0.29, 0.717) is 6.54 Å². The van der Waals surface area contributed by atoms with Gasteiger partial charge in [0.2, 0.25) is 0 Å². The summed E-state index contributed by atoms with van der Waals surface area (Å²) in [6.07, 6.45) is 1.71. The highest BCUT2D eigenvalue weighted by Crippen LogP contribution is 2.13. The zero-order chi connectivity index (χ0) is 14.4. The maximum Gasteiger partial charge on any atom is 0.124 e. The van der Waals surface area contributed by atoms with Crippen LogP contribution in [0.4, 0.5) is 0 Å². The molecule has 0 unspecified atom stereocenters. The number of aromatic hydroxyl groups is 1. The minimum atomic E-state index is 0.262. The van der Waals surface area contributed by atoms with Gasteiger partial charge in [-0.2, -0.15) is 0 Å². The largest absolute Gasteiger partial charge is 0.507 e. The normalized spacial score (nSPS) is 11.3. The van der Waals surface area contributed by atoms with E-state index in [0.717, 1.165) is 12.1 Å². The third kappa shape index (κ3) is 4.21. The minimum absolute atomic E-state index is 0.262. The van der Waals surface area contributed by atoms with Gasteiger partial charge in [0, 0.05) is 18.3 Å². The van der Waals surface area contributed by atoms with Crippen molar-refractivity contribution >= 4 is 6.21 Å². The van der Waals surface area contributed by atoms with Crippen molar-refractivity contribution in [2.24, 2.45) is 4.99 Å². The molecule has 2 aromatic carbocycles. The van der Waals surface area contributed by atoms with E-state index in [9.17, 15) is 5.11 Å². The Hall–Kier alpha value is -2.13. The molecule has 2 aromatic rings. The van der Waals surface area contributed by atoms with Crippen molar-refractivity contribution in [1.82, 2.24) is 4.90 Å². The minimum Gasteiger partial charge on any atom is -0.507 e. The molecule has 1 N–H and O–H groups in total. The van der Waals surface area contributed by atoms with E-state index in [2.05, 4.69) is 48.3 Å². The molecule has 0 radical (unpaired) electrons. The molecule has 0 spiro atoms. The van der Waals surface area contributed by atoms with Crippen LogP contribution in [0.15, 0.2) is 53.5 Å². The van der Waals surface area contributed by atoms with Crippen molar-refractivity contribution < 1.29 is 5.11 Å². The van der Waals surface area contributed by atoms with E-state index < -0.39 is 0 Å². The highest BCUT2D eigenvalue weighted by molar-refractivity contribution is 5.83.